The van der Waals surface area contributed by atoms with Crippen molar-refractivity contribution in [2.45, 2.75) is 38.1 Å². The van der Waals surface area contributed by atoms with Gasteiger partial charge in [-0.3, -0.25) is 0 Å². The second kappa shape index (κ2) is 6.91. The van der Waals surface area contributed by atoms with Gasteiger partial charge in [0.25, 0.3) is 0 Å². The van der Waals surface area contributed by atoms with Crippen LogP contribution in [-0.4, -0.2) is 18.3 Å². The van der Waals surface area contributed by atoms with Crippen molar-refractivity contribution in [2.75, 3.05) is 12.3 Å². The van der Waals surface area contributed by atoms with Crippen molar-refractivity contribution in [3.8, 4) is 0 Å². The van der Waals surface area contributed by atoms with Crippen LogP contribution in [0.2, 0.25) is 0 Å². The van der Waals surface area contributed by atoms with E-state index >= 15 is 0 Å². The van der Waals surface area contributed by atoms with Crippen LogP contribution in [0.15, 0.2) is 29.2 Å². The zero-order valence-electron chi connectivity index (χ0n) is 9.92. The summed E-state index contributed by atoms with van der Waals surface area (Å²) in [6.07, 6.45) is 1.21. The van der Waals surface area contributed by atoms with Crippen LogP contribution in [0.5, 0.6) is 0 Å². The van der Waals surface area contributed by atoms with E-state index in [-0.39, 0.29) is 0 Å². The van der Waals surface area contributed by atoms with Gasteiger partial charge in [-0.1, -0.05) is 24.6 Å². The molecule has 0 spiro atoms. The molecule has 0 fully saturated rings. The lowest BCUT2D eigenvalue weighted by Crippen LogP contribution is -2.28. The second-order valence-corrected chi connectivity index (χ2v) is 5.08. The lowest BCUT2D eigenvalue weighted by molar-refractivity contribution is 0.590. The molecule has 2 heteroatoms. The van der Waals surface area contributed by atoms with Crippen molar-refractivity contribution in [1.29, 1.82) is 0 Å². The summed E-state index contributed by atoms with van der Waals surface area (Å²) in [5.41, 5.74) is 1.34. The Balaban J connectivity index is 2.30. The molecule has 0 saturated carbocycles. The lowest BCUT2D eigenvalue weighted by Gasteiger charge is -2.12. The lowest BCUT2D eigenvalue weighted by atomic mass is 10.2. The van der Waals surface area contributed by atoms with Gasteiger partial charge in [-0.25, -0.2) is 0 Å². The first kappa shape index (κ1) is 12.6. The van der Waals surface area contributed by atoms with Crippen LogP contribution in [0.25, 0.3) is 0 Å². The van der Waals surface area contributed by atoms with E-state index in [1.54, 1.807) is 0 Å². The van der Waals surface area contributed by atoms with Gasteiger partial charge >= 0.3 is 0 Å². The van der Waals surface area contributed by atoms with Gasteiger partial charge in [0.2, 0.25) is 0 Å². The van der Waals surface area contributed by atoms with Crippen molar-refractivity contribution in [3.63, 3.8) is 0 Å². The maximum Gasteiger partial charge on any atom is 0.0133 e. The third-order valence-electron chi connectivity index (χ3n) is 2.23. The van der Waals surface area contributed by atoms with E-state index in [0.717, 1.165) is 12.3 Å². The molecule has 1 aromatic carbocycles. The highest BCUT2D eigenvalue weighted by Crippen LogP contribution is 2.19. The molecule has 0 aliphatic heterocycles. The van der Waals surface area contributed by atoms with Crippen LogP contribution in [0, 0.1) is 6.92 Å². The summed E-state index contributed by atoms with van der Waals surface area (Å²) in [7, 11) is 0. The third kappa shape index (κ3) is 5.24. The predicted octanol–water partition coefficient (Wildman–Crippen LogP) is 3.48. The summed E-state index contributed by atoms with van der Waals surface area (Å²) < 4.78 is 0. The third-order valence-corrected chi connectivity index (χ3v) is 3.49. The molecule has 0 radical (unpaired) electrons. The van der Waals surface area contributed by atoms with Gasteiger partial charge in [0.15, 0.2) is 0 Å². The Kier molecular flexibility index (Phi) is 5.81. The fourth-order valence-corrected chi connectivity index (χ4v) is 2.38. The van der Waals surface area contributed by atoms with Gasteiger partial charge in [0.1, 0.15) is 0 Å². The second-order valence-electron chi connectivity index (χ2n) is 3.98. The van der Waals surface area contributed by atoms with Gasteiger partial charge in [-0.2, -0.15) is 0 Å². The predicted molar refractivity (Wildman–Crippen MR) is 69.7 cm³/mol. The number of benzene rings is 1. The standard InChI is InChI=1S/C13H21NS/c1-4-8-14-12(3)10-15-13-7-5-6-11(2)9-13/h5-7,9,12,14H,4,8,10H2,1-3H3. The van der Waals surface area contributed by atoms with E-state index in [1.807, 2.05) is 11.8 Å². The van der Waals surface area contributed by atoms with Gasteiger partial charge < -0.3 is 5.32 Å². The van der Waals surface area contributed by atoms with E-state index in [0.29, 0.717) is 6.04 Å². The van der Waals surface area contributed by atoms with Crippen LogP contribution in [0.3, 0.4) is 0 Å². The molecule has 0 heterocycles. The highest BCUT2D eigenvalue weighted by Gasteiger charge is 2.01. The summed E-state index contributed by atoms with van der Waals surface area (Å²) in [4.78, 5) is 1.38. The summed E-state index contributed by atoms with van der Waals surface area (Å²) in [5, 5.41) is 3.50. The summed E-state index contributed by atoms with van der Waals surface area (Å²) in [6.45, 7) is 7.71. The number of thioether (sulfide) groups is 1. The first-order valence-corrected chi connectivity index (χ1v) is 6.63. The Labute approximate surface area is 97.7 Å². The summed E-state index contributed by atoms with van der Waals surface area (Å²) in [5.74, 6) is 1.14. The van der Waals surface area contributed by atoms with E-state index in [9.17, 15) is 0 Å². The maximum atomic E-state index is 3.50. The van der Waals surface area contributed by atoms with E-state index in [1.165, 1.54) is 16.9 Å². The minimum absolute atomic E-state index is 0.593. The fourth-order valence-electron chi connectivity index (χ4n) is 1.38. The average molecular weight is 223 g/mol. The van der Waals surface area contributed by atoms with Crippen LogP contribution >= 0.6 is 11.8 Å². The van der Waals surface area contributed by atoms with E-state index < -0.39 is 0 Å². The molecule has 1 unspecified atom stereocenters. The summed E-state index contributed by atoms with van der Waals surface area (Å²) >= 11 is 1.93. The molecule has 15 heavy (non-hydrogen) atoms. The Hall–Kier alpha value is -0.470. The monoisotopic (exact) mass is 223 g/mol. The molecule has 0 aliphatic carbocycles. The Morgan fingerprint density at radius 2 is 2.20 bits per heavy atom. The number of rotatable bonds is 6. The number of aryl methyl sites for hydroxylation is 1. The largest absolute Gasteiger partial charge is 0.313 e. The molecule has 0 aromatic heterocycles. The Morgan fingerprint density at radius 1 is 1.40 bits per heavy atom. The van der Waals surface area contributed by atoms with Crippen LogP contribution in [0.4, 0.5) is 0 Å². The van der Waals surface area contributed by atoms with E-state index in [2.05, 4.69) is 50.4 Å². The van der Waals surface area contributed by atoms with E-state index in [4.69, 9.17) is 0 Å². The number of nitrogens with one attached hydrogen (secondary N) is 1. The first-order valence-electron chi connectivity index (χ1n) is 5.65. The zero-order valence-corrected chi connectivity index (χ0v) is 10.7. The molecule has 84 valence electrons. The molecule has 0 amide bonds. The smallest absolute Gasteiger partial charge is 0.0133 e. The van der Waals surface area contributed by atoms with Gasteiger partial charge in [-0.15, -0.1) is 11.8 Å². The van der Waals surface area contributed by atoms with Gasteiger partial charge in [0, 0.05) is 16.7 Å². The van der Waals surface area contributed by atoms with Crippen molar-refractivity contribution >= 4 is 11.8 Å². The minimum atomic E-state index is 0.593. The Morgan fingerprint density at radius 3 is 2.87 bits per heavy atom. The number of hydrogen-bond acceptors (Lipinski definition) is 2. The SMILES string of the molecule is CCCNC(C)CSc1cccc(C)c1. The minimum Gasteiger partial charge on any atom is -0.313 e. The maximum absolute atomic E-state index is 3.50. The molecule has 0 aliphatic rings. The zero-order chi connectivity index (χ0) is 11.1. The Bertz CT molecular complexity index is 286. The van der Waals surface area contributed by atoms with Crippen molar-refractivity contribution in [3.05, 3.63) is 29.8 Å². The van der Waals surface area contributed by atoms with Crippen molar-refractivity contribution < 1.29 is 0 Å². The highest BCUT2D eigenvalue weighted by atomic mass is 32.2. The molecule has 1 rings (SSSR count). The summed E-state index contributed by atoms with van der Waals surface area (Å²) in [6, 6.07) is 9.29. The van der Waals surface area contributed by atoms with Crippen molar-refractivity contribution in [1.82, 2.24) is 5.32 Å². The molecule has 1 nitrogen and oxygen atoms in total. The van der Waals surface area contributed by atoms with Crippen molar-refractivity contribution in [2.24, 2.45) is 0 Å². The fraction of sp³-hybridized carbons (Fsp3) is 0.538. The van der Waals surface area contributed by atoms with Crippen LogP contribution < -0.4 is 5.32 Å². The topological polar surface area (TPSA) is 12.0 Å². The quantitative estimate of drug-likeness (QED) is 0.741. The first-order chi connectivity index (χ1) is 7.22. The van der Waals surface area contributed by atoms with Crippen LogP contribution in [-0.2, 0) is 0 Å². The normalized spacial score (nSPS) is 12.7. The van der Waals surface area contributed by atoms with Gasteiger partial charge in [0.05, 0.1) is 0 Å². The van der Waals surface area contributed by atoms with Gasteiger partial charge in [-0.05, 0) is 38.9 Å². The average Bonchev–Trinajstić information content (AvgIpc) is 2.23. The molecular formula is C13H21NS. The highest BCUT2D eigenvalue weighted by molar-refractivity contribution is 7.99. The molecular weight excluding hydrogens is 202 g/mol. The molecule has 0 saturated heterocycles. The molecule has 1 aromatic rings. The molecule has 1 atom stereocenters. The van der Waals surface area contributed by atoms with Crippen LogP contribution in [0.1, 0.15) is 25.8 Å². The number of hydrogen-bond donors (Lipinski definition) is 1. The molecule has 1 N–H and O–H groups in total. The molecule has 0 bridgehead atoms.